The number of pyridine rings is 1. The number of benzene rings is 3. The van der Waals surface area contributed by atoms with Crippen LogP contribution in [-0.2, 0) is 19.3 Å². The van der Waals surface area contributed by atoms with Crippen molar-refractivity contribution in [1.82, 2.24) is 4.40 Å². The number of halogens is 3. The van der Waals surface area contributed by atoms with Crippen LogP contribution in [0.1, 0.15) is 0 Å². The minimum atomic E-state index is -4.76. The van der Waals surface area contributed by atoms with Crippen molar-refractivity contribution >= 4 is 83.4 Å². The Morgan fingerprint density at radius 2 is 1.42 bits per heavy atom. The predicted molar refractivity (Wildman–Crippen MR) is 188 cm³/mol. The molecule has 0 bridgehead atoms. The fourth-order valence-corrected chi connectivity index (χ4v) is 6.75. The highest BCUT2D eigenvalue weighted by Gasteiger charge is 2.29. The van der Waals surface area contributed by atoms with Gasteiger partial charge in [0.05, 0.1) is 34.0 Å². The van der Waals surface area contributed by atoms with Crippen LogP contribution in [-0.4, -0.2) is 65.6 Å². The van der Waals surface area contributed by atoms with Crippen molar-refractivity contribution in [3.8, 4) is 45.6 Å². The molecule has 264 valence electrons. The molecule has 50 heavy (non-hydrogen) atoms. The van der Waals surface area contributed by atoms with Crippen molar-refractivity contribution in [2.45, 2.75) is 3.79 Å². The lowest BCUT2D eigenvalue weighted by molar-refractivity contribution is 0.0492. The number of methoxy groups -OCH3 is 5. The molecule has 0 atom stereocenters. The minimum Gasteiger partial charge on any atom is -0.493 e. The summed E-state index contributed by atoms with van der Waals surface area (Å²) in [6, 6.07) is 13.5. The van der Waals surface area contributed by atoms with Gasteiger partial charge in [-0.05, 0) is 47.3 Å². The van der Waals surface area contributed by atoms with Crippen molar-refractivity contribution in [3.05, 3.63) is 65.1 Å². The first-order valence-corrected chi connectivity index (χ1v) is 16.9. The molecule has 0 unspecified atom stereocenters. The van der Waals surface area contributed by atoms with Gasteiger partial charge in [0.1, 0.15) is 17.7 Å². The molecule has 3 aromatic carbocycles. The van der Waals surface area contributed by atoms with Crippen LogP contribution in [0.15, 0.2) is 63.9 Å². The van der Waals surface area contributed by atoms with Gasteiger partial charge in [0.15, 0.2) is 41.3 Å². The molecule has 3 heterocycles. The van der Waals surface area contributed by atoms with Crippen LogP contribution in [0, 0.1) is 0 Å². The molecule has 0 amide bonds. The number of fused-ring (bicyclic) bond motifs is 7. The number of nitrogens with zero attached hydrogens (tertiary/aromatic N) is 1. The van der Waals surface area contributed by atoms with E-state index in [1.807, 2.05) is 24.3 Å². The summed E-state index contributed by atoms with van der Waals surface area (Å²) >= 11 is 16.9. The maximum Gasteiger partial charge on any atom is 0.449 e. The van der Waals surface area contributed by atoms with Gasteiger partial charge in [-0.1, -0.05) is 40.9 Å². The molecule has 0 aliphatic carbocycles. The molecule has 6 rings (SSSR count). The summed E-state index contributed by atoms with van der Waals surface area (Å²) in [5.41, 5.74) is 1.26. The average Bonchev–Trinajstić information content (AvgIpc) is 3.45. The maximum absolute atomic E-state index is 13.9. The van der Waals surface area contributed by atoms with Gasteiger partial charge < -0.3 is 41.4 Å². The van der Waals surface area contributed by atoms with Crippen LogP contribution >= 0.6 is 34.8 Å². The van der Waals surface area contributed by atoms with Crippen LogP contribution in [0.5, 0.6) is 34.5 Å². The Hall–Kier alpha value is -4.31. The van der Waals surface area contributed by atoms with Gasteiger partial charge in [0.2, 0.25) is 3.79 Å². The molecule has 0 fully saturated rings. The number of ether oxygens (including phenoxy) is 6. The van der Waals surface area contributed by atoms with Crippen molar-refractivity contribution < 1.29 is 49.6 Å². The Morgan fingerprint density at radius 3 is 2.08 bits per heavy atom. The van der Waals surface area contributed by atoms with Gasteiger partial charge in [-0.25, -0.2) is 8.98 Å². The number of hydrogen-bond acceptors (Lipinski definition) is 12. The first-order chi connectivity index (χ1) is 23.8. The zero-order valence-electron chi connectivity index (χ0n) is 27.0. The summed E-state index contributed by atoms with van der Waals surface area (Å²) in [6.45, 7) is -0.882. The van der Waals surface area contributed by atoms with E-state index in [1.165, 1.54) is 40.6 Å². The zero-order chi connectivity index (χ0) is 36.0. The highest BCUT2D eigenvalue weighted by Crippen LogP contribution is 2.46. The Kier molecular flexibility index (Phi) is 9.79. The van der Waals surface area contributed by atoms with E-state index in [-0.39, 0.29) is 29.4 Å². The second-order valence-electron chi connectivity index (χ2n) is 10.6. The number of hydrogen-bond donors (Lipinski definition) is 0. The Labute approximate surface area is 299 Å². The lowest BCUT2D eigenvalue weighted by atomic mass is 9.98. The van der Waals surface area contributed by atoms with Gasteiger partial charge in [0, 0.05) is 41.1 Å². The Balaban J connectivity index is 1.73. The molecule has 17 heteroatoms. The first-order valence-electron chi connectivity index (χ1n) is 14.5. The third kappa shape index (κ3) is 6.62. The smallest absolute Gasteiger partial charge is 0.449 e. The summed E-state index contributed by atoms with van der Waals surface area (Å²) in [6.07, 6.45) is 1.74. The lowest BCUT2D eigenvalue weighted by Crippen LogP contribution is -2.21. The van der Waals surface area contributed by atoms with E-state index in [1.54, 1.807) is 29.8 Å². The van der Waals surface area contributed by atoms with E-state index in [4.69, 9.17) is 76.0 Å². The molecular formula is C33H28Cl3NO12S. The van der Waals surface area contributed by atoms with Crippen LogP contribution in [0.4, 0.5) is 0 Å². The molecule has 3 aromatic heterocycles. The number of alkyl halides is 3. The maximum atomic E-state index is 13.9. The Bertz CT molecular complexity index is 2440. The van der Waals surface area contributed by atoms with Gasteiger partial charge in [-0.15, -0.1) is 0 Å². The molecule has 0 spiro atoms. The molecule has 6 aromatic rings. The number of aromatic nitrogens is 1. The molecule has 0 N–H and O–H groups in total. The van der Waals surface area contributed by atoms with Crippen LogP contribution < -0.4 is 33.5 Å². The average molecular weight is 769 g/mol. The fraction of sp³-hybridized carbons (Fsp3) is 0.242. The van der Waals surface area contributed by atoms with Gasteiger partial charge in [0.25, 0.3) is 0 Å². The van der Waals surface area contributed by atoms with E-state index < -0.39 is 26.4 Å². The minimum absolute atomic E-state index is 0.0278. The standard InChI is InChI=1S/C33H28Cl3NO12S/c1-41-16-46-26-11-18(6-7-21(26)42-2)28-29-20-13-25(45-5)27(49-50(39,40)47-15-33(34,35)36)14-22(20)48-32(38)31(29)37-9-8-17-10-23(43-3)24(44-4)12-19(17)30(28)37/h6-14H,15-16H2,1-5H3. The molecule has 13 nitrogen and oxygen atoms in total. The van der Waals surface area contributed by atoms with Crippen molar-refractivity contribution in [2.75, 3.05) is 48.9 Å². The predicted octanol–water partition coefficient (Wildman–Crippen LogP) is 7.05. The molecule has 0 saturated carbocycles. The Morgan fingerprint density at radius 1 is 0.760 bits per heavy atom. The second-order valence-corrected chi connectivity index (χ2v) is 14.3. The summed E-state index contributed by atoms with van der Waals surface area (Å²) < 4.78 is 73.9. The van der Waals surface area contributed by atoms with Crippen LogP contribution in [0.25, 0.3) is 49.3 Å². The molecule has 0 radical (unpaired) electrons. The fourth-order valence-electron chi connectivity index (χ4n) is 5.67. The topological polar surface area (TPSA) is 143 Å². The summed E-state index contributed by atoms with van der Waals surface area (Å²) in [7, 11) is 2.62. The van der Waals surface area contributed by atoms with E-state index in [2.05, 4.69) is 0 Å². The van der Waals surface area contributed by atoms with Crippen molar-refractivity contribution in [1.29, 1.82) is 0 Å². The third-order valence-electron chi connectivity index (χ3n) is 7.69. The van der Waals surface area contributed by atoms with Crippen molar-refractivity contribution in [3.63, 3.8) is 0 Å². The highest BCUT2D eigenvalue weighted by molar-refractivity contribution is 7.82. The van der Waals surface area contributed by atoms with E-state index in [0.29, 0.717) is 55.8 Å². The summed E-state index contributed by atoms with van der Waals surface area (Å²) in [5, 5.41) is 2.32. The number of rotatable bonds is 12. The highest BCUT2D eigenvalue weighted by atomic mass is 35.6. The second kappa shape index (κ2) is 13.8. The largest absolute Gasteiger partial charge is 0.493 e. The molecule has 0 aliphatic heterocycles. The van der Waals surface area contributed by atoms with Crippen LogP contribution in [0.2, 0.25) is 0 Å². The third-order valence-corrected chi connectivity index (χ3v) is 8.81. The zero-order valence-corrected chi connectivity index (χ0v) is 30.1. The van der Waals surface area contributed by atoms with E-state index in [9.17, 15) is 13.2 Å². The quantitative estimate of drug-likeness (QED) is 0.0716. The van der Waals surface area contributed by atoms with E-state index >= 15 is 0 Å². The van der Waals surface area contributed by atoms with Crippen molar-refractivity contribution in [2.24, 2.45) is 0 Å². The normalized spacial score (nSPS) is 12.2. The lowest BCUT2D eigenvalue weighted by Gasteiger charge is -2.14. The molecule has 0 saturated heterocycles. The first kappa shape index (κ1) is 35.5. The van der Waals surface area contributed by atoms with Gasteiger partial charge in [-0.2, -0.15) is 8.42 Å². The van der Waals surface area contributed by atoms with Gasteiger partial charge >= 0.3 is 16.0 Å². The monoisotopic (exact) mass is 767 g/mol. The summed E-state index contributed by atoms with van der Waals surface area (Å²) in [5.74, 6) is 1.41. The van der Waals surface area contributed by atoms with Crippen LogP contribution in [0.3, 0.4) is 0 Å². The molecular weight excluding hydrogens is 741 g/mol. The summed E-state index contributed by atoms with van der Waals surface area (Å²) in [4.78, 5) is 13.9. The SMILES string of the molecule is COCOc1cc(-c2c3c4cc(OC)c(OS(=O)(=O)OCC(Cl)(Cl)Cl)cc4oc(=O)c3n3ccc4cc(OC)c(OC)cc4c23)ccc1OC. The molecule has 0 aliphatic rings. The van der Waals surface area contributed by atoms with Gasteiger partial charge in [-0.3, -0.25) is 0 Å². The van der Waals surface area contributed by atoms with E-state index in [0.717, 1.165) is 5.39 Å².